The quantitative estimate of drug-likeness (QED) is 0.800. The number of esters is 1. The number of likely N-dealkylation sites (tertiary alicyclic amines) is 1. The van der Waals surface area contributed by atoms with E-state index in [2.05, 4.69) is 9.88 Å². The summed E-state index contributed by atoms with van der Waals surface area (Å²) in [6.45, 7) is 1.26. The van der Waals surface area contributed by atoms with E-state index < -0.39 is 11.9 Å². The molecule has 2 heterocycles. The van der Waals surface area contributed by atoms with Crippen molar-refractivity contribution in [1.82, 2.24) is 9.88 Å². The minimum absolute atomic E-state index is 0.0740. The van der Waals surface area contributed by atoms with E-state index in [-0.39, 0.29) is 24.8 Å². The summed E-state index contributed by atoms with van der Waals surface area (Å²) < 4.78 is 5.23. The Bertz CT molecular complexity index is 492. The van der Waals surface area contributed by atoms with Crippen LogP contribution in [0.5, 0.6) is 0 Å². The van der Waals surface area contributed by atoms with E-state index in [1.807, 2.05) is 25.4 Å². The van der Waals surface area contributed by atoms with Gasteiger partial charge in [-0.3, -0.25) is 19.5 Å². The summed E-state index contributed by atoms with van der Waals surface area (Å²) in [5, 5.41) is 8.55. The van der Waals surface area contributed by atoms with Crippen LogP contribution in [-0.4, -0.2) is 47.1 Å². The number of pyridine rings is 1. The van der Waals surface area contributed by atoms with Gasteiger partial charge in [-0.2, -0.15) is 0 Å². The van der Waals surface area contributed by atoms with Crippen molar-refractivity contribution in [2.75, 3.05) is 20.2 Å². The highest BCUT2D eigenvalue weighted by molar-refractivity contribution is 5.76. The lowest BCUT2D eigenvalue weighted by Gasteiger charge is -2.25. The zero-order valence-corrected chi connectivity index (χ0v) is 12.1. The Morgan fingerprint density at radius 1 is 1.48 bits per heavy atom. The molecule has 0 aliphatic carbocycles. The van der Waals surface area contributed by atoms with Crippen molar-refractivity contribution in [2.45, 2.75) is 25.3 Å². The third-order valence-electron chi connectivity index (χ3n) is 3.80. The molecular weight excluding hydrogens is 272 g/mol. The van der Waals surface area contributed by atoms with Gasteiger partial charge in [-0.1, -0.05) is 6.07 Å². The molecule has 1 aromatic heterocycles. The molecule has 0 aromatic carbocycles. The number of carbonyl (C=O) groups is 2. The van der Waals surface area contributed by atoms with Crippen LogP contribution in [0.3, 0.4) is 0 Å². The highest BCUT2D eigenvalue weighted by Crippen LogP contribution is 2.35. The maximum atomic E-state index is 11.5. The maximum absolute atomic E-state index is 11.5. The maximum Gasteiger partial charge on any atom is 0.306 e. The smallest absolute Gasteiger partial charge is 0.306 e. The molecule has 0 radical (unpaired) electrons. The molecule has 6 nitrogen and oxygen atoms in total. The summed E-state index contributed by atoms with van der Waals surface area (Å²) in [6.07, 6.45) is 4.26. The van der Waals surface area contributed by atoms with Crippen molar-refractivity contribution in [1.29, 1.82) is 0 Å². The molecule has 1 saturated heterocycles. The lowest BCUT2D eigenvalue weighted by Crippen LogP contribution is -2.24. The molecule has 1 N–H and O–H groups in total. The second-order valence-electron chi connectivity index (χ2n) is 5.34. The van der Waals surface area contributed by atoms with Gasteiger partial charge < -0.3 is 9.84 Å². The minimum atomic E-state index is -0.985. The SMILES string of the molecule is CN1CC[C@@H](COC(=O)CCC(=O)O)[C@@H]1c1cccnc1. The van der Waals surface area contributed by atoms with Crippen molar-refractivity contribution in [2.24, 2.45) is 5.92 Å². The lowest BCUT2D eigenvalue weighted by atomic mass is 9.96. The van der Waals surface area contributed by atoms with Gasteiger partial charge in [0.1, 0.15) is 0 Å². The van der Waals surface area contributed by atoms with Crippen LogP contribution < -0.4 is 0 Å². The fourth-order valence-electron chi connectivity index (χ4n) is 2.76. The Morgan fingerprint density at radius 2 is 2.29 bits per heavy atom. The number of aromatic nitrogens is 1. The number of ether oxygens (including phenoxy) is 1. The van der Waals surface area contributed by atoms with E-state index in [0.29, 0.717) is 6.61 Å². The van der Waals surface area contributed by atoms with Crippen LogP contribution in [-0.2, 0) is 14.3 Å². The number of hydrogen-bond donors (Lipinski definition) is 1. The van der Waals surface area contributed by atoms with E-state index in [9.17, 15) is 9.59 Å². The van der Waals surface area contributed by atoms with E-state index in [0.717, 1.165) is 18.5 Å². The van der Waals surface area contributed by atoms with Gasteiger partial charge in [0.25, 0.3) is 0 Å². The van der Waals surface area contributed by atoms with Crippen molar-refractivity contribution in [3.8, 4) is 0 Å². The number of rotatable bonds is 6. The zero-order chi connectivity index (χ0) is 15.2. The van der Waals surface area contributed by atoms with Crippen LogP contribution >= 0.6 is 0 Å². The normalized spacial score (nSPS) is 22.1. The van der Waals surface area contributed by atoms with Gasteiger partial charge in [-0.25, -0.2) is 0 Å². The average molecular weight is 292 g/mol. The molecule has 1 aliphatic heterocycles. The van der Waals surface area contributed by atoms with Crippen molar-refractivity contribution < 1.29 is 19.4 Å². The predicted molar refractivity (Wildman–Crippen MR) is 75.5 cm³/mol. The molecule has 1 aliphatic rings. The predicted octanol–water partition coefficient (Wildman–Crippen LogP) is 1.48. The van der Waals surface area contributed by atoms with Gasteiger partial charge in [0.05, 0.1) is 19.4 Å². The fourth-order valence-corrected chi connectivity index (χ4v) is 2.76. The van der Waals surface area contributed by atoms with Gasteiger partial charge in [0.15, 0.2) is 0 Å². The van der Waals surface area contributed by atoms with Crippen molar-refractivity contribution in [3.05, 3.63) is 30.1 Å². The Labute approximate surface area is 123 Å². The number of hydrogen-bond acceptors (Lipinski definition) is 5. The summed E-state index contributed by atoms with van der Waals surface area (Å²) in [5.41, 5.74) is 1.11. The molecule has 0 amide bonds. The second-order valence-corrected chi connectivity index (χ2v) is 5.34. The van der Waals surface area contributed by atoms with Gasteiger partial charge in [0, 0.05) is 24.4 Å². The summed E-state index contributed by atoms with van der Waals surface area (Å²) in [5.74, 6) is -1.22. The number of aliphatic carboxylic acids is 1. The number of carbonyl (C=O) groups excluding carboxylic acids is 1. The van der Waals surface area contributed by atoms with E-state index >= 15 is 0 Å². The summed E-state index contributed by atoms with van der Waals surface area (Å²) in [6, 6.07) is 4.11. The Balaban J connectivity index is 1.90. The molecule has 0 unspecified atom stereocenters. The first kappa shape index (κ1) is 15.4. The van der Waals surface area contributed by atoms with E-state index in [4.69, 9.17) is 9.84 Å². The highest BCUT2D eigenvalue weighted by atomic mass is 16.5. The van der Waals surface area contributed by atoms with Crippen LogP contribution in [0.2, 0.25) is 0 Å². The van der Waals surface area contributed by atoms with Crippen LogP contribution in [0, 0.1) is 5.92 Å². The Morgan fingerprint density at radius 3 is 2.95 bits per heavy atom. The molecule has 0 saturated carbocycles. The monoisotopic (exact) mass is 292 g/mol. The van der Waals surface area contributed by atoms with Crippen molar-refractivity contribution >= 4 is 11.9 Å². The standard InChI is InChI=1S/C15H20N2O4/c1-17-8-6-12(10-21-14(20)5-4-13(18)19)15(17)11-3-2-7-16-9-11/h2-3,7,9,12,15H,4-6,8,10H2,1H3,(H,18,19)/t12-,15-/m0/s1. The van der Waals surface area contributed by atoms with Crippen molar-refractivity contribution in [3.63, 3.8) is 0 Å². The van der Waals surface area contributed by atoms with Crippen LogP contribution in [0.4, 0.5) is 0 Å². The molecule has 0 spiro atoms. The zero-order valence-electron chi connectivity index (χ0n) is 12.1. The summed E-state index contributed by atoms with van der Waals surface area (Å²) >= 11 is 0. The topological polar surface area (TPSA) is 79.7 Å². The number of carboxylic acid groups (broad SMARTS) is 1. The third-order valence-corrected chi connectivity index (χ3v) is 3.80. The number of carboxylic acids is 1. The van der Waals surface area contributed by atoms with Gasteiger partial charge in [-0.05, 0) is 31.6 Å². The summed E-state index contributed by atoms with van der Waals surface area (Å²) in [7, 11) is 2.05. The van der Waals surface area contributed by atoms with E-state index in [1.165, 1.54) is 0 Å². The molecule has 2 atom stereocenters. The first-order chi connectivity index (χ1) is 10.1. The molecular formula is C15H20N2O4. The lowest BCUT2D eigenvalue weighted by molar-refractivity contribution is -0.148. The first-order valence-corrected chi connectivity index (χ1v) is 7.05. The summed E-state index contributed by atoms with van der Waals surface area (Å²) in [4.78, 5) is 28.3. The third kappa shape index (κ3) is 4.26. The molecule has 1 aromatic rings. The second kappa shape index (κ2) is 7.17. The van der Waals surface area contributed by atoms with E-state index in [1.54, 1.807) is 6.20 Å². The molecule has 114 valence electrons. The molecule has 6 heteroatoms. The van der Waals surface area contributed by atoms with Crippen LogP contribution in [0.1, 0.15) is 30.9 Å². The molecule has 21 heavy (non-hydrogen) atoms. The first-order valence-electron chi connectivity index (χ1n) is 7.05. The highest BCUT2D eigenvalue weighted by Gasteiger charge is 2.33. The molecule has 2 rings (SSSR count). The van der Waals surface area contributed by atoms with Gasteiger partial charge >= 0.3 is 11.9 Å². The molecule has 1 fully saturated rings. The average Bonchev–Trinajstić information content (AvgIpc) is 2.84. The fraction of sp³-hybridized carbons (Fsp3) is 0.533. The Kier molecular flexibility index (Phi) is 5.27. The molecule has 0 bridgehead atoms. The Hall–Kier alpha value is -1.95. The van der Waals surface area contributed by atoms with Crippen LogP contribution in [0.15, 0.2) is 24.5 Å². The number of nitrogens with zero attached hydrogens (tertiary/aromatic N) is 2. The van der Waals surface area contributed by atoms with Gasteiger partial charge in [0.2, 0.25) is 0 Å². The van der Waals surface area contributed by atoms with Gasteiger partial charge in [-0.15, -0.1) is 0 Å². The van der Waals surface area contributed by atoms with Crippen LogP contribution in [0.25, 0.3) is 0 Å². The minimum Gasteiger partial charge on any atom is -0.481 e. The largest absolute Gasteiger partial charge is 0.481 e.